The van der Waals surface area contributed by atoms with Gasteiger partial charge < -0.3 is 15.2 Å². The molecular formula is C12H14N2O3. The summed E-state index contributed by atoms with van der Waals surface area (Å²) in [5.41, 5.74) is 2.45. The Morgan fingerprint density at radius 2 is 2.35 bits per heavy atom. The molecule has 0 aliphatic carbocycles. The number of hydrogen-bond donors (Lipinski definition) is 2. The van der Waals surface area contributed by atoms with Gasteiger partial charge in [-0.3, -0.25) is 0 Å². The first kappa shape index (κ1) is 13.0. The van der Waals surface area contributed by atoms with E-state index in [4.69, 9.17) is 15.1 Å². The summed E-state index contributed by atoms with van der Waals surface area (Å²) < 4.78 is 4.88. The third-order valence-electron chi connectivity index (χ3n) is 2.15. The van der Waals surface area contributed by atoms with Crippen LogP contribution >= 0.6 is 0 Å². The van der Waals surface area contributed by atoms with Gasteiger partial charge >= 0.3 is 5.97 Å². The molecule has 0 saturated carbocycles. The van der Waals surface area contributed by atoms with Crippen LogP contribution in [0.2, 0.25) is 0 Å². The second-order valence-electron chi connectivity index (χ2n) is 3.51. The van der Waals surface area contributed by atoms with Crippen LogP contribution in [0, 0.1) is 18.3 Å². The molecule has 0 saturated heterocycles. The Labute approximate surface area is 99.6 Å². The zero-order valence-electron chi connectivity index (χ0n) is 9.56. The highest BCUT2D eigenvalue weighted by molar-refractivity contribution is 5.68. The molecule has 0 fully saturated rings. The largest absolute Gasteiger partial charge is 0.480 e. The standard InChI is InChI=1S/C12H14N2O3/c1-9-6-11(3-2-10(9)7-13)14-4-5-17-8-12(15)16/h2-3,6,14H,4-5,8H2,1H3,(H,15,16). The number of aryl methyl sites for hydroxylation is 1. The first-order valence-corrected chi connectivity index (χ1v) is 5.17. The Morgan fingerprint density at radius 1 is 1.59 bits per heavy atom. The Kier molecular flexibility index (Phi) is 4.98. The normalized spacial score (nSPS) is 9.65. The van der Waals surface area contributed by atoms with Gasteiger partial charge in [0.1, 0.15) is 6.61 Å². The smallest absolute Gasteiger partial charge is 0.329 e. The topological polar surface area (TPSA) is 82.3 Å². The van der Waals surface area contributed by atoms with Crippen molar-refractivity contribution in [2.24, 2.45) is 0 Å². The number of nitriles is 1. The highest BCUT2D eigenvalue weighted by Crippen LogP contribution is 2.13. The lowest BCUT2D eigenvalue weighted by molar-refractivity contribution is -0.142. The molecule has 0 bridgehead atoms. The van der Waals surface area contributed by atoms with Crippen LogP contribution in [0.1, 0.15) is 11.1 Å². The van der Waals surface area contributed by atoms with Crippen molar-refractivity contribution in [2.75, 3.05) is 25.1 Å². The van der Waals surface area contributed by atoms with Crippen molar-refractivity contribution in [3.8, 4) is 6.07 Å². The van der Waals surface area contributed by atoms with E-state index in [-0.39, 0.29) is 6.61 Å². The molecule has 1 aromatic rings. The molecule has 0 atom stereocenters. The van der Waals surface area contributed by atoms with E-state index in [9.17, 15) is 4.79 Å². The van der Waals surface area contributed by atoms with Crippen LogP contribution in [-0.4, -0.2) is 30.8 Å². The number of benzene rings is 1. The summed E-state index contributed by atoms with van der Waals surface area (Å²) in [7, 11) is 0. The molecule has 90 valence electrons. The van der Waals surface area contributed by atoms with E-state index in [0.29, 0.717) is 18.7 Å². The van der Waals surface area contributed by atoms with E-state index < -0.39 is 5.97 Å². The van der Waals surface area contributed by atoms with Crippen LogP contribution in [0.4, 0.5) is 5.69 Å². The van der Waals surface area contributed by atoms with Crippen molar-refractivity contribution >= 4 is 11.7 Å². The maximum absolute atomic E-state index is 10.2. The van der Waals surface area contributed by atoms with Crippen LogP contribution < -0.4 is 5.32 Å². The summed E-state index contributed by atoms with van der Waals surface area (Å²) >= 11 is 0. The molecule has 0 radical (unpaired) electrons. The average molecular weight is 234 g/mol. The third kappa shape index (κ3) is 4.53. The summed E-state index contributed by atoms with van der Waals surface area (Å²) in [4.78, 5) is 10.2. The molecule has 1 rings (SSSR count). The van der Waals surface area contributed by atoms with Crippen LogP contribution in [0.5, 0.6) is 0 Å². The Morgan fingerprint density at radius 3 is 2.94 bits per heavy atom. The quantitative estimate of drug-likeness (QED) is 0.726. The van der Waals surface area contributed by atoms with E-state index in [1.54, 1.807) is 6.07 Å². The molecule has 0 heterocycles. The van der Waals surface area contributed by atoms with Gasteiger partial charge in [-0.15, -0.1) is 0 Å². The molecule has 1 aromatic carbocycles. The number of rotatable bonds is 6. The minimum atomic E-state index is -0.973. The molecule has 2 N–H and O–H groups in total. The van der Waals surface area contributed by atoms with Crippen molar-refractivity contribution < 1.29 is 14.6 Å². The highest BCUT2D eigenvalue weighted by Gasteiger charge is 1.99. The van der Waals surface area contributed by atoms with Crippen molar-refractivity contribution in [1.29, 1.82) is 5.26 Å². The molecular weight excluding hydrogens is 220 g/mol. The lowest BCUT2D eigenvalue weighted by Gasteiger charge is -2.07. The molecule has 5 nitrogen and oxygen atoms in total. The number of carboxylic acids is 1. The third-order valence-corrected chi connectivity index (χ3v) is 2.15. The number of carbonyl (C=O) groups is 1. The van der Waals surface area contributed by atoms with Gasteiger partial charge in [0.2, 0.25) is 0 Å². The van der Waals surface area contributed by atoms with Gasteiger partial charge in [0.05, 0.1) is 18.2 Å². The predicted octanol–water partition coefficient (Wildman–Crippen LogP) is 1.38. The summed E-state index contributed by atoms with van der Waals surface area (Å²) in [6, 6.07) is 7.52. The van der Waals surface area contributed by atoms with Gasteiger partial charge in [-0.25, -0.2) is 4.79 Å². The minimum Gasteiger partial charge on any atom is -0.480 e. The van der Waals surface area contributed by atoms with Crippen LogP contribution in [0.3, 0.4) is 0 Å². The van der Waals surface area contributed by atoms with Crippen LogP contribution in [-0.2, 0) is 9.53 Å². The highest BCUT2D eigenvalue weighted by atomic mass is 16.5. The average Bonchev–Trinajstić information content (AvgIpc) is 2.28. The first-order chi connectivity index (χ1) is 8.13. The van der Waals surface area contributed by atoms with Gasteiger partial charge in [0.15, 0.2) is 0 Å². The van der Waals surface area contributed by atoms with Crippen LogP contribution in [0.15, 0.2) is 18.2 Å². The monoisotopic (exact) mass is 234 g/mol. The predicted molar refractivity (Wildman–Crippen MR) is 62.8 cm³/mol. The Bertz CT molecular complexity index is 438. The molecule has 17 heavy (non-hydrogen) atoms. The minimum absolute atomic E-state index is 0.284. The number of carboxylic acid groups (broad SMARTS) is 1. The van der Waals surface area contributed by atoms with Crippen molar-refractivity contribution in [2.45, 2.75) is 6.92 Å². The summed E-state index contributed by atoms with van der Waals surface area (Å²) in [5, 5.41) is 20.2. The molecule has 0 aliphatic heterocycles. The van der Waals surface area contributed by atoms with E-state index in [1.807, 2.05) is 19.1 Å². The molecule has 0 unspecified atom stereocenters. The van der Waals surface area contributed by atoms with Crippen molar-refractivity contribution in [3.63, 3.8) is 0 Å². The fourth-order valence-corrected chi connectivity index (χ4v) is 1.33. The summed E-state index contributed by atoms with van der Waals surface area (Å²) in [6.07, 6.45) is 0. The lowest BCUT2D eigenvalue weighted by Crippen LogP contribution is -2.14. The number of ether oxygens (including phenoxy) is 1. The second-order valence-corrected chi connectivity index (χ2v) is 3.51. The van der Waals surface area contributed by atoms with Crippen LogP contribution in [0.25, 0.3) is 0 Å². The molecule has 5 heteroatoms. The fourth-order valence-electron chi connectivity index (χ4n) is 1.33. The van der Waals surface area contributed by atoms with Crippen molar-refractivity contribution in [1.82, 2.24) is 0 Å². The number of nitrogens with one attached hydrogen (secondary N) is 1. The summed E-state index contributed by atoms with van der Waals surface area (Å²) in [6.45, 7) is 2.43. The molecule has 0 spiro atoms. The fraction of sp³-hybridized carbons (Fsp3) is 0.333. The van der Waals surface area contributed by atoms with Gasteiger partial charge in [-0.05, 0) is 30.7 Å². The first-order valence-electron chi connectivity index (χ1n) is 5.17. The van der Waals surface area contributed by atoms with Gasteiger partial charge in [0.25, 0.3) is 0 Å². The second kappa shape index (κ2) is 6.51. The van der Waals surface area contributed by atoms with Gasteiger partial charge in [-0.2, -0.15) is 5.26 Å². The van der Waals surface area contributed by atoms with E-state index >= 15 is 0 Å². The molecule has 0 amide bonds. The van der Waals surface area contributed by atoms with Crippen molar-refractivity contribution in [3.05, 3.63) is 29.3 Å². The SMILES string of the molecule is Cc1cc(NCCOCC(=O)O)ccc1C#N. The number of hydrogen-bond acceptors (Lipinski definition) is 4. The number of nitrogens with zero attached hydrogens (tertiary/aromatic N) is 1. The van der Waals surface area contributed by atoms with E-state index in [2.05, 4.69) is 11.4 Å². The zero-order chi connectivity index (χ0) is 12.7. The maximum atomic E-state index is 10.2. The number of aliphatic carboxylic acids is 1. The zero-order valence-corrected chi connectivity index (χ0v) is 9.56. The maximum Gasteiger partial charge on any atom is 0.329 e. The van der Waals surface area contributed by atoms with E-state index in [0.717, 1.165) is 11.3 Å². The van der Waals surface area contributed by atoms with E-state index in [1.165, 1.54) is 0 Å². The molecule has 0 aliphatic rings. The Balaban J connectivity index is 2.35. The number of anilines is 1. The lowest BCUT2D eigenvalue weighted by atomic mass is 10.1. The van der Waals surface area contributed by atoms with Gasteiger partial charge in [0, 0.05) is 12.2 Å². The summed E-state index contributed by atoms with van der Waals surface area (Å²) in [5.74, 6) is -0.973. The molecule has 0 aromatic heterocycles. The Hall–Kier alpha value is -2.06. The van der Waals surface area contributed by atoms with Gasteiger partial charge in [-0.1, -0.05) is 0 Å².